The Kier molecular flexibility index (Phi) is 4.05. The number of phenols is 1. The van der Waals surface area contributed by atoms with Crippen LogP contribution in [-0.2, 0) is 4.79 Å². The lowest BCUT2D eigenvalue weighted by molar-refractivity contribution is -0.116. The maximum absolute atomic E-state index is 12.3. The zero-order valence-electron chi connectivity index (χ0n) is 13.6. The van der Waals surface area contributed by atoms with Crippen LogP contribution in [-0.4, -0.2) is 31.0 Å². The fourth-order valence-electron chi connectivity index (χ4n) is 3.16. The Hall–Kier alpha value is -2.64. The summed E-state index contributed by atoms with van der Waals surface area (Å²) in [5.74, 6) is 0.619. The molecule has 1 unspecified atom stereocenters. The maximum Gasteiger partial charge on any atom is 0.226 e. The minimum atomic E-state index is -0.231. The van der Waals surface area contributed by atoms with Crippen molar-refractivity contribution in [3.8, 4) is 11.6 Å². The Balaban J connectivity index is 1.86. The van der Waals surface area contributed by atoms with Gasteiger partial charge >= 0.3 is 0 Å². The number of nitrogens with one attached hydrogen (secondary N) is 1. The van der Waals surface area contributed by atoms with Crippen LogP contribution in [0.3, 0.4) is 0 Å². The number of aromatic hydroxyl groups is 1. The lowest BCUT2D eigenvalue weighted by atomic mass is 9.86. The summed E-state index contributed by atoms with van der Waals surface area (Å²) < 4.78 is 1.54. The van der Waals surface area contributed by atoms with Gasteiger partial charge in [-0.1, -0.05) is 29.3 Å². The van der Waals surface area contributed by atoms with Crippen LogP contribution in [0.1, 0.15) is 29.2 Å². The van der Waals surface area contributed by atoms with E-state index < -0.39 is 0 Å². The minimum Gasteiger partial charge on any atom is -0.506 e. The molecule has 0 saturated heterocycles. The summed E-state index contributed by atoms with van der Waals surface area (Å²) in [6, 6.07) is 8.23. The minimum absolute atomic E-state index is 0.000225. The second-order valence-corrected chi connectivity index (χ2v) is 6.78. The molecule has 132 valence electrons. The summed E-state index contributed by atoms with van der Waals surface area (Å²) in [5.41, 5.74) is 2.46. The van der Waals surface area contributed by atoms with Crippen molar-refractivity contribution in [1.29, 1.82) is 0 Å². The van der Waals surface area contributed by atoms with Gasteiger partial charge in [-0.05, 0) is 36.8 Å². The molecule has 2 aromatic heterocycles. The maximum atomic E-state index is 12.3. The average Bonchev–Trinajstić information content (AvgIpc) is 2.94. The summed E-state index contributed by atoms with van der Waals surface area (Å²) in [6.07, 6.45) is 0.257. The molecule has 9 heteroatoms. The number of benzene rings is 1. The third-order valence-corrected chi connectivity index (χ3v) is 4.82. The summed E-state index contributed by atoms with van der Waals surface area (Å²) in [5, 5.41) is 25.4. The highest BCUT2D eigenvalue weighted by Gasteiger charge is 2.33. The summed E-state index contributed by atoms with van der Waals surface area (Å²) in [4.78, 5) is 12.3. The number of phenolic OH excluding ortho intramolecular Hbond substituents is 1. The average molecular weight is 390 g/mol. The number of carbonyl (C=O) groups excluding carboxylic acids is 1. The lowest BCUT2D eigenvalue weighted by Crippen LogP contribution is -2.25. The Bertz CT molecular complexity index is 1020. The molecule has 0 radical (unpaired) electrons. The molecule has 1 aromatic carbocycles. The number of rotatable bonds is 2. The Labute approximate surface area is 158 Å². The highest BCUT2D eigenvalue weighted by molar-refractivity contribution is 6.32. The molecule has 0 aliphatic carbocycles. The molecule has 3 heterocycles. The Morgan fingerprint density at radius 3 is 2.73 bits per heavy atom. The van der Waals surface area contributed by atoms with E-state index in [1.807, 2.05) is 6.92 Å². The van der Waals surface area contributed by atoms with Gasteiger partial charge in [0.25, 0.3) is 0 Å². The van der Waals surface area contributed by atoms with Crippen LogP contribution < -0.4 is 5.32 Å². The van der Waals surface area contributed by atoms with Gasteiger partial charge in [0.15, 0.2) is 11.0 Å². The number of hydrogen-bond donors (Lipinski definition) is 2. The molecule has 0 fully saturated rings. The van der Waals surface area contributed by atoms with Crippen LogP contribution in [0.2, 0.25) is 10.2 Å². The van der Waals surface area contributed by atoms with Gasteiger partial charge in [0.05, 0.1) is 10.7 Å². The quantitative estimate of drug-likeness (QED) is 0.699. The van der Waals surface area contributed by atoms with E-state index in [0.717, 1.165) is 16.8 Å². The molecule has 3 aromatic rings. The van der Waals surface area contributed by atoms with Gasteiger partial charge < -0.3 is 10.4 Å². The topological polar surface area (TPSA) is 92.9 Å². The van der Waals surface area contributed by atoms with Crippen LogP contribution >= 0.6 is 23.2 Å². The molecular weight excluding hydrogens is 377 g/mol. The molecule has 1 aliphatic heterocycles. The first-order chi connectivity index (χ1) is 12.4. The number of aryl methyl sites for hydroxylation is 1. The Morgan fingerprint density at radius 2 is 2.04 bits per heavy atom. The van der Waals surface area contributed by atoms with E-state index in [1.165, 1.54) is 6.07 Å². The number of aromatic nitrogens is 4. The zero-order valence-corrected chi connectivity index (χ0v) is 15.1. The van der Waals surface area contributed by atoms with Crippen molar-refractivity contribution in [1.82, 2.24) is 20.0 Å². The van der Waals surface area contributed by atoms with E-state index in [0.29, 0.717) is 11.6 Å². The second kappa shape index (κ2) is 6.26. The number of nitrogens with zero attached hydrogens (tertiary/aromatic N) is 4. The number of carbonyl (C=O) groups is 1. The molecule has 7 nitrogen and oxygen atoms in total. The van der Waals surface area contributed by atoms with Gasteiger partial charge in [-0.2, -0.15) is 9.78 Å². The van der Waals surface area contributed by atoms with Crippen molar-refractivity contribution >= 4 is 34.9 Å². The predicted octanol–water partition coefficient (Wildman–Crippen LogP) is 3.46. The molecule has 0 bridgehead atoms. The first kappa shape index (κ1) is 16.8. The number of amides is 1. The number of fused-ring (bicyclic) bond motifs is 1. The predicted molar refractivity (Wildman–Crippen MR) is 97.1 cm³/mol. The smallest absolute Gasteiger partial charge is 0.226 e. The molecule has 0 saturated carbocycles. The molecule has 1 aliphatic rings. The van der Waals surface area contributed by atoms with Gasteiger partial charge in [0, 0.05) is 17.9 Å². The van der Waals surface area contributed by atoms with Crippen molar-refractivity contribution in [2.24, 2.45) is 0 Å². The van der Waals surface area contributed by atoms with Crippen molar-refractivity contribution in [3.05, 3.63) is 57.3 Å². The molecule has 1 amide bonds. The fraction of sp³-hybridized carbons (Fsp3) is 0.176. The normalized spacial score (nSPS) is 16.3. The molecule has 26 heavy (non-hydrogen) atoms. The first-order valence-electron chi connectivity index (χ1n) is 7.81. The van der Waals surface area contributed by atoms with Crippen molar-refractivity contribution in [2.75, 3.05) is 5.32 Å². The lowest BCUT2D eigenvalue weighted by Gasteiger charge is -2.24. The highest BCUT2D eigenvalue weighted by Crippen LogP contribution is 2.41. The largest absolute Gasteiger partial charge is 0.506 e. The molecule has 2 N–H and O–H groups in total. The monoisotopic (exact) mass is 389 g/mol. The summed E-state index contributed by atoms with van der Waals surface area (Å²) in [7, 11) is 0. The standard InChI is InChI=1S/C17H13Cl2N5O2/c1-8-16-10(9-2-3-12(25)11(18)6-9)7-15(26)20-17(16)24(23-8)14-5-4-13(19)21-22-14/h2-6,10,25H,7H2,1H3,(H,20,26). The molecular formula is C17H13Cl2N5O2. The van der Waals surface area contributed by atoms with Crippen molar-refractivity contribution < 1.29 is 9.90 Å². The zero-order chi connectivity index (χ0) is 18.4. The van der Waals surface area contributed by atoms with E-state index in [-0.39, 0.29) is 34.2 Å². The third-order valence-electron chi connectivity index (χ3n) is 4.31. The Morgan fingerprint density at radius 1 is 1.23 bits per heavy atom. The fourth-order valence-corrected chi connectivity index (χ4v) is 3.45. The summed E-state index contributed by atoms with van der Waals surface area (Å²) >= 11 is 11.8. The number of halogens is 2. The van der Waals surface area contributed by atoms with Gasteiger partial charge in [-0.15, -0.1) is 10.2 Å². The van der Waals surface area contributed by atoms with E-state index in [2.05, 4.69) is 20.6 Å². The van der Waals surface area contributed by atoms with E-state index in [4.69, 9.17) is 23.2 Å². The van der Waals surface area contributed by atoms with Crippen LogP contribution in [0, 0.1) is 6.92 Å². The van der Waals surface area contributed by atoms with Gasteiger partial charge in [-0.3, -0.25) is 4.79 Å². The van der Waals surface area contributed by atoms with Crippen LogP contribution in [0.15, 0.2) is 30.3 Å². The van der Waals surface area contributed by atoms with Gasteiger partial charge in [-0.25, -0.2) is 0 Å². The summed E-state index contributed by atoms with van der Waals surface area (Å²) in [6.45, 7) is 1.87. The molecule has 4 rings (SSSR count). The van der Waals surface area contributed by atoms with Gasteiger partial charge in [0.2, 0.25) is 5.91 Å². The SMILES string of the molecule is Cc1nn(-c2ccc(Cl)nn2)c2c1C(c1ccc(O)c(Cl)c1)CC(=O)N2. The number of anilines is 1. The molecule has 1 atom stereocenters. The third kappa shape index (κ3) is 2.79. The van der Waals surface area contributed by atoms with Crippen LogP contribution in [0.4, 0.5) is 5.82 Å². The van der Waals surface area contributed by atoms with Crippen LogP contribution in [0.25, 0.3) is 5.82 Å². The van der Waals surface area contributed by atoms with E-state index >= 15 is 0 Å². The second-order valence-electron chi connectivity index (χ2n) is 5.99. The van der Waals surface area contributed by atoms with Crippen molar-refractivity contribution in [3.63, 3.8) is 0 Å². The number of hydrogen-bond acceptors (Lipinski definition) is 5. The highest BCUT2D eigenvalue weighted by atomic mass is 35.5. The van der Waals surface area contributed by atoms with Gasteiger partial charge in [0.1, 0.15) is 11.6 Å². The van der Waals surface area contributed by atoms with Crippen LogP contribution in [0.5, 0.6) is 5.75 Å². The first-order valence-corrected chi connectivity index (χ1v) is 8.57. The van der Waals surface area contributed by atoms with E-state index in [1.54, 1.807) is 28.9 Å². The van der Waals surface area contributed by atoms with E-state index in [9.17, 15) is 9.90 Å². The van der Waals surface area contributed by atoms with Crippen molar-refractivity contribution in [2.45, 2.75) is 19.3 Å². The molecule has 0 spiro atoms.